The lowest BCUT2D eigenvalue weighted by Gasteiger charge is -2.23. The number of hydrogen-bond acceptors (Lipinski definition) is 3. The van der Waals surface area contributed by atoms with Crippen LogP contribution in [0, 0.1) is 13.8 Å². The maximum atomic E-state index is 12.0. The monoisotopic (exact) mass is 354 g/mol. The van der Waals surface area contributed by atoms with Gasteiger partial charge in [0.1, 0.15) is 11.5 Å². The zero-order chi connectivity index (χ0) is 19.2. The minimum absolute atomic E-state index is 0.177. The van der Waals surface area contributed by atoms with Crippen molar-refractivity contribution in [1.82, 2.24) is 0 Å². The van der Waals surface area contributed by atoms with Gasteiger partial charge in [-0.15, -0.1) is 0 Å². The second-order valence-corrected chi connectivity index (χ2v) is 7.51. The maximum Gasteiger partial charge on any atom is 0.311 e. The normalized spacial score (nSPS) is 11.3. The molecule has 0 radical (unpaired) electrons. The van der Waals surface area contributed by atoms with E-state index in [2.05, 4.69) is 39.0 Å². The van der Waals surface area contributed by atoms with Crippen LogP contribution in [-0.4, -0.2) is 12.6 Å². The minimum Gasteiger partial charge on any atom is -0.494 e. The minimum atomic E-state index is -0.223. The molecule has 3 nitrogen and oxygen atoms in total. The first-order valence-corrected chi connectivity index (χ1v) is 9.32. The van der Waals surface area contributed by atoms with E-state index in [1.807, 2.05) is 38.1 Å². The van der Waals surface area contributed by atoms with Crippen molar-refractivity contribution in [2.45, 2.75) is 59.3 Å². The third-order valence-electron chi connectivity index (χ3n) is 4.74. The van der Waals surface area contributed by atoms with Crippen LogP contribution in [0.2, 0.25) is 0 Å². The van der Waals surface area contributed by atoms with Crippen LogP contribution in [0.5, 0.6) is 11.5 Å². The lowest BCUT2D eigenvalue weighted by Crippen LogP contribution is -2.15. The van der Waals surface area contributed by atoms with Crippen LogP contribution in [0.4, 0.5) is 0 Å². The molecule has 2 aromatic rings. The number of benzene rings is 2. The van der Waals surface area contributed by atoms with Crippen LogP contribution in [0.15, 0.2) is 42.5 Å². The molecule has 0 bridgehead atoms. The second-order valence-electron chi connectivity index (χ2n) is 7.51. The predicted octanol–water partition coefficient (Wildman–Crippen LogP) is 5.76. The fraction of sp³-hybridized carbons (Fsp3) is 0.435. The highest BCUT2D eigenvalue weighted by atomic mass is 16.5. The Morgan fingerprint density at radius 3 is 2.15 bits per heavy atom. The van der Waals surface area contributed by atoms with E-state index in [0.717, 1.165) is 23.3 Å². The van der Waals surface area contributed by atoms with E-state index < -0.39 is 0 Å². The molecule has 0 unspecified atom stereocenters. The SMILES string of the molecule is CCC(C)(C)c1ccc(OCCCC(=O)Oc2cc(C)cc(C)c2)cc1. The molecule has 0 N–H and O–H groups in total. The molecular weight excluding hydrogens is 324 g/mol. The highest BCUT2D eigenvalue weighted by molar-refractivity contribution is 5.72. The summed E-state index contributed by atoms with van der Waals surface area (Å²) in [5, 5.41) is 0. The van der Waals surface area contributed by atoms with Crippen LogP contribution >= 0.6 is 0 Å². The Balaban J connectivity index is 1.75. The number of aryl methyl sites for hydroxylation is 2. The molecule has 0 aromatic heterocycles. The van der Waals surface area contributed by atoms with Gasteiger partial charge in [-0.2, -0.15) is 0 Å². The molecule has 2 aromatic carbocycles. The summed E-state index contributed by atoms with van der Waals surface area (Å²) in [6.07, 6.45) is 2.07. The highest BCUT2D eigenvalue weighted by Gasteiger charge is 2.17. The van der Waals surface area contributed by atoms with Gasteiger partial charge < -0.3 is 9.47 Å². The van der Waals surface area contributed by atoms with Crippen LogP contribution in [0.25, 0.3) is 0 Å². The third kappa shape index (κ3) is 5.91. The van der Waals surface area contributed by atoms with Gasteiger partial charge in [-0.3, -0.25) is 4.79 Å². The van der Waals surface area contributed by atoms with E-state index in [4.69, 9.17) is 9.47 Å². The van der Waals surface area contributed by atoms with Crippen molar-refractivity contribution in [3.8, 4) is 11.5 Å². The van der Waals surface area contributed by atoms with Gasteiger partial charge in [0.05, 0.1) is 6.61 Å². The third-order valence-corrected chi connectivity index (χ3v) is 4.74. The van der Waals surface area contributed by atoms with Gasteiger partial charge in [0.15, 0.2) is 0 Å². The predicted molar refractivity (Wildman–Crippen MR) is 106 cm³/mol. The molecule has 3 heteroatoms. The molecule has 0 saturated carbocycles. The van der Waals surface area contributed by atoms with Gasteiger partial charge in [0, 0.05) is 6.42 Å². The van der Waals surface area contributed by atoms with E-state index in [1.54, 1.807) is 0 Å². The Hall–Kier alpha value is -2.29. The van der Waals surface area contributed by atoms with E-state index in [0.29, 0.717) is 25.2 Å². The Kier molecular flexibility index (Phi) is 6.84. The summed E-state index contributed by atoms with van der Waals surface area (Å²) in [4.78, 5) is 12.0. The van der Waals surface area contributed by atoms with Crippen molar-refractivity contribution in [3.63, 3.8) is 0 Å². The van der Waals surface area contributed by atoms with Crippen molar-refractivity contribution in [1.29, 1.82) is 0 Å². The molecule has 0 spiro atoms. The van der Waals surface area contributed by atoms with Gasteiger partial charge in [0.25, 0.3) is 0 Å². The van der Waals surface area contributed by atoms with Crippen LogP contribution < -0.4 is 9.47 Å². The molecule has 0 aliphatic carbocycles. The zero-order valence-corrected chi connectivity index (χ0v) is 16.6. The first kappa shape index (κ1) is 20.0. The van der Waals surface area contributed by atoms with E-state index in [9.17, 15) is 4.79 Å². The van der Waals surface area contributed by atoms with Crippen molar-refractivity contribution in [2.75, 3.05) is 6.61 Å². The number of hydrogen-bond donors (Lipinski definition) is 0. The number of carbonyl (C=O) groups excluding carboxylic acids is 1. The van der Waals surface area contributed by atoms with Crippen LogP contribution in [0.1, 0.15) is 56.7 Å². The molecule has 0 heterocycles. The standard InChI is InChI=1S/C23H30O3/c1-6-23(4,5)19-9-11-20(12-10-19)25-13-7-8-22(24)26-21-15-17(2)14-18(3)16-21/h9-12,14-16H,6-8,13H2,1-5H3. The van der Waals surface area contributed by atoms with Crippen molar-refractivity contribution in [3.05, 3.63) is 59.2 Å². The molecule has 0 fully saturated rings. The van der Waals surface area contributed by atoms with E-state index in [-0.39, 0.29) is 11.4 Å². The number of carbonyl (C=O) groups is 1. The fourth-order valence-electron chi connectivity index (χ4n) is 2.79. The first-order chi connectivity index (χ1) is 12.3. The average Bonchev–Trinajstić information content (AvgIpc) is 2.58. The number of esters is 1. The smallest absolute Gasteiger partial charge is 0.311 e. The summed E-state index contributed by atoms with van der Waals surface area (Å²) in [5.74, 6) is 1.23. The Labute approximate surface area is 157 Å². The topological polar surface area (TPSA) is 35.5 Å². The quantitative estimate of drug-likeness (QED) is 0.344. The molecule has 0 amide bonds. The molecule has 140 valence electrons. The van der Waals surface area contributed by atoms with Gasteiger partial charge in [-0.25, -0.2) is 0 Å². The fourth-order valence-corrected chi connectivity index (χ4v) is 2.79. The highest BCUT2D eigenvalue weighted by Crippen LogP contribution is 2.28. The van der Waals surface area contributed by atoms with Crippen molar-refractivity contribution >= 4 is 5.97 Å². The van der Waals surface area contributed by atoms with Gasteiger partial charge in [-0.05, 0) is 73.1 Å². The molecule has 0 saturated heterocycles. The second kappa shape index (κ2) is 8.88. The zero-order valence-electron chi connectivity index (χ0n) is 16.6. The number of rotatable bonds is 8. The molecule has 0 aliphatic rings. The first-order valence-electron chi connectivity index (χ1n) is 9.32. The molecule has 2 rings (SSSR count). The lowest BCUT2D eigenvalue weighted by atomic mass is 9.82. The summed E-state index contributed by atoms with van der Waals surface area (Å²) < 4.78 is 11.1. The Bertz CT molecular complexity index is 709. The summed E-state index contributed by atoms with van der Waals surface area (Å²) >= 11 is 0. The molecule has 26 heavy (non-hydrogen) atoms. The molecule has 0 atom stereocenters. The maximum absolute atomic E-state index is 12.0. The average molecular weight is 354 g/mol. The Morgan fingerprint density at radius 1 is 0.962 bits per heavy atom. The van der Waals surface area contributed by atoms with Crippen molar-refractivity contribution < 1.29 is 14.3 Å². The summed E-state index contributed by atoms with van der Waals surface area (Å²) in [6.45, 7) is 11.2. The van der Waals surface area contributed by atoms with Gasteiger partial charge in [-0.1, -0.05) is 39.0 Å². The number of ether oxygens (including phenoxy) is 2. The summed E-state index contributed by atoms with van der Waals surface area (Å²) in [7, 11) is 0. The lowest BCUT2D eigenvalue weighted by molar-refractivity contribution is -0.134. The van der Waals surface area contributed by atoms with Gasteiger partial charge >= 0.3 is 5.97 Å². The molecule has 0 aliphatic heterocycles. The van der Waals surface area contributed by atoms with Crippen LogP contribution in [0.3, 0.4) is 0 Å². The molecular formula is C23H30O3. The van der Waals surface area contributed by atoms with E-state index in [1.165, 1.54) is 5.56 Å². The van der Waals surface area contributed by atoms with Crippen molar-refractivity contribution in [2.24, 2.45) is 0 Å². The summed E-state index contributed by atoms with van der Waals surface area (Å²) in [6, 6.07) is 14.0. The largest absolute Gasteiger partial charge is 0.494 e. The van der Waals surface area contributed by atoms with E-state index >= 15 is 0 Å². The van der Waals surface area contributed by atoms with Gasteiger partial charge in [0.2, 0.25) is 0 Å². The Morgan fingerprint density at radius 2 is 1.58 bits per heavy atom. The van der Waals surface area contributed by atoms with Crippen LogP contribution in [-0.2, 0) is 10.2 Å². The summed E-state index contributed by atoms with van der Waals surface area (Å²) in [5.41, 5.74) is 3.66.